The van der Waals surface area contributed by atoms with Crippen LogP contribution in [0.15, 0.2) is 47.2 Å². The van der Waals surface area contributed by atoms with Crippen molar-refractivity contribution in [3.8, 4) is 28.6 Å². The molecule has 1 N–H and O–H groups in total. The van der Waals surface area contributed by atoms with E-state index in [2.05, 4.69) is 40.8 Å². The zero-order chi connectivity index (χ0) is 27.1. The number of carbonyl (C=O) groups excluding carboxylic acids is 1. The molecule has 0 unspecified atom stereocenters. The summed E-state index contributed by atoms with van der Waals surface area (Å²) >= 11 is 0. The van der Waals surface area contributed by atoms with Gasteiger partial charge in [0.2, 0.25) is 5.60 Å². The van der Waals surface area contributed by atoms with Crippen molar-refractivity contribution < 1.29 is 19.2 Å². The lowest BCUT2D eigenvalue weighted by molar-refractivity contribution is -0.144. The number of benzene rings is 1. The van der Waals surface area contributed by atoms with Gasteiger partial charge >= 0.3 is 0 Å². The first-order valence-electron chi connectivity index (χ1n) is 12.5. The zero-order valence-electron chi connectivity index (χ0n) is 21.9. The van der Waals surface area contributed by atoms with Gasteiger partial charge in [0.25, 0.3) is 5.91 Å². The van der Waals surface area contributed by atoms with Crippen molar-refractivity contribution in [1.82, 2.24) is 24.6 Å². The Bertz CT molecular complexity index is 1550. The molecule has 1 aliphatic heterocycles. The van der Waals surface area contributed by atoms with Gasteiger partial charge < -0.3 is 23.8 Å². The number of amides is 1. The Hall–Kier alpha value is -3.85. The Morgan fingerprint density at radius 2 is 1.97 bits per heavy atom. The maximum absolute atomic E-state index is 12.5. The number of pyridine rings is 1. The third kappa shape index (κ3) is 4.86. The molecule has 3 aromatic heterocycles. The molecule has 0 bridgehead atoms. The molecule has 11 heteroatoms. The molecule has 0 aliphatic carbocycles. The predicted molar refractivity (Wildman–Crippen MR) is 143 cm³/mol. The average molecular weight is 531 g/mol. The van der Waals surface area contributed by atoms with Crippen molar-refractivity contribution in [2.24, 2.45) is 0 Å². The third-order valence-corrected chi connectivity index (χ3v) is 8.53. The number of aromatic nitrogens is 4. The monoisotopic (exact) mass is 530 g/mol. The van der Waals surface area contributed by atoms with Crippen LogP contribution < -0.4 is 0 Å². The Labute approximate surface area is 221 Å². The molecule has 38 heavy (non-hydrogen) atoms. The summed E-state index contributed by atoms with van der Waals surface area (Å²) in [6, 6.07) is 14.2. The van der Waals surface area contributed by atoms with Gasteiger partial charge in [-0.3, -0.25) is 4.79 Å². The van der Waals surface area contributed by atoms with E-state index >= 15 is 0 Å². The summed E-state index contributed by atoms with van der Waals surface area (Å²) in [5.74, 6) is -0.284. The molecule has 0 spiro atoms. The first-order chi connectivity index (χ1) is 18.1. The van der Waals surface area contributed by atoms with E-state index in [9.17, 15) is 15.2 Å². The van der Waals surface area contributed by atoms with Crippen LogP contribution in [-0.2, 0) is 21.9 Å². The molecule has 196 valence electrons. The van der Waals surface area contributed by atoms with E-state index < -0.39 is 19.6 Å². The highest BCUT2D eigenvalue weighted by Crippen LogP contribution is 2.35. The first kappa shape index (κ1) is 25.8. The van der Waals surface area contributed by atoms with Gasteiger partial charge in [-0.1, -0.05) is 43.0 Å². The molecule has 1 atom stereocenters. The van der Waals surface area contributed by atoms with Crippen LogP contribution in [-0.4, -0.2) is 63.9 Å². The molecule has 0 radical (unpaired) electrons. The Morgan fingerprint density at radius 3 is 2.66 bits per heavy atom. The minimum Gasteiger partial charge on any atom is -0.373 e. The van der Waals surface area contributed by atoms with Gasteiger partial charge in [-0.15, -0.1) is 0 Å². The van der Waals surface area contributed by atoms with Crippen LogP contribution in [0.5, 0.6) is 0 Å². The number of nitriles is 1. The molecule has 1 fully saturated rings. The summed E-state index contributed by atoms with van der Waals surface area (Å²) in [4.78, 5) is 22.9. The number of carbonyl (C=O) groups is 1. The van der Waals surface area contributed by atoms with E-state index in [1.807, 2.05) is 34.9 Å². The van der Waals surface area contributed by atoms with Gasteiger partial charge in [0.15, 0.2) is 11.5 Å². The van der Waals surface area contributed by atoms with Crippen molar-refractivity contribution in [2.45, 2.75) is 44.4 Å². The second kappa shape index (κ2) is 9.79. The highest BCUT2D eigenvalue weighted by Gasteiger charge is 2.48. The highest BCUT2D eigenvalue weighted by atomic mass is 28.3. The molecule has 1 amide bonds. The Balaban J connectivity index is 1.44. The normalized spacial score (nSPS) is 17.9. The van der Waals surface area contributed by atoms with E-state index in [1.165, 1.54) is 4.90 Å². The SMILES string of the molecule is CN1CC[C@@](O)(c2cc(-c3cccc(-c4cc5c(ncn5COCC[Si](C)(C)C)c(C#N)n4)c3)no2)C1=O. The predicted octanol–water partition coefficient (Wildman–Crippen LogP) is 3.99. The minimum absolute atomic E-state index is 0.122. The van der Waals surface area contributed by atoms with Gasteiger partial charge in [0.1, 0.15) is 24.0 Å². The number of ether oxygens (including phenoxy) is 1. The smallest absolute Gasteiger partial charge is 0.262 e. The molecule has 1 aromatic carbocycles. The van der Waals surface area contributed by atoms with Crippen LogP contribution in [0.25, 0.3) is 33.5 Å². The van der Waals surface area contributed by atoms with Crippen LogP contribution in [0.1, 0.15) is 17.9 Å². The molecule has 4 aromatic rings. The summed E-state index contributed by atoms with van der Waals surface area (Å²) in [7, 11) is 0.446. The minimum atomic E-state index is -1.71. The van der Waals surface area contributed by atoms with Crippen LogP contribution in [0, 0.1) is 11.3 Å². The van der Waals surface area contributed by atoms with Gasteiger partial charge in [-0.2, -0.15) is 5.26 Å². The lowest BCUT2D eigenvalue weighted by Crippen LogP contribution is -2.35. The Morgan fingerprint density at radius 1 is 1.21 bits per heavy atom. The fourth-order valence-corrected chi connectivity index (χ4v) is 5.21. The summed E-state index contributed by atoms with van der Waals surface area (Å²) in [5, 5.41) is 24.8. The molecule has 4 heterocycles. The van der Waals surface area contributed by atoms with E-state index in [4.69, 9.17) is 9.26 Å². The Kier molecular flexibility index (Phi) is 6.64. The molecule has 0 saturated carbocycles. The topological polar surface area (TPSA) is 130 Å². The summed E-state index contributed by atoms with van der Waals surface area (Å²) in [6.45, 7) is 8.38. The molecular weight excluding hydrogens is 500 g/mol. The number of nitrogens with zero attached hydrogens (tertiary/aromatic N) is 6. The number of likely N-dealkylation sites (tertiary alicyclic amines) is 1. The number of aliphatic hydroxyl groups is 1. The number of hydrogen-bond acceptors (Lipinski definition) is 8. The standard InChI is InChI=1S/C27H30N6O4Si/c1-32-9-8-27(35,26(32)34)24-14-21(31-37-24)19-7-5-6-18(12-19)20-13-23-25(22(15-28)30-20)29-16-33(23)17-36-10-11-38(2,3)4/h5-7,12-14,16,35H,8-11,17H2,1-4H3/t27-/m1/s1. The van der Waals surface area contributed by atoms with Crippen molar-refractivity contribution >= 4 is 25.0 Å². The van der Waals surface area contributed by atoms with Gasteiger partial charge in [-0.25, -0.2) is 9.97 Å². The van der Waals surface area contributed by atoms with Crippen LogP contribution in [0.4, 0.5) is 0 Å². The van der Waals surface area contributed by atoms with Crippen molar-refractivity contribution in [3.63, 3.8) is 0 Å². The second-order valence-corrected chi connectivity index (χ2v) is 16.5. The first-order valence-corrected chi connectivity index (χ1v) is 16.2. The van der Waals surface area contributed by atoms with Crippen molar-refractivity contribution in [2.75, 3.05) is 20.2 Å². The number of rotatable bonds is 8. The molecule has 10 nitrogen and oxygen atoms in total. The van der Waals surface area contributed by atoms with E-state index in [-0.39, 0.29) is 17.9 Å². The van der Waals surface area contributed by atoms with Crippen molar-refractivity contribution in [1.29, 1.82) is 5.26 Å². The maximum Gasteiger partial charge on any atom is 0.262 e. The quantitative estimate of drug-likeness (QED) is 0.267. The van der Waals surface area contributed by atoms with Crippen LogP contribution >= 0.6 is 0 Å². The van der Waals surface area contributed by atoms with Gasteiger partial charge in [0.05, 0.1) is 17.5 Å². The van der Waals surface area contributed by atoms with Crippen molar-refractivity contribution in [3.05, 3.63) is 54.2 Å². The highest BCUT2D eigenvalue weighted by molar-refractivity contribution is 6.76. The largest absolute Gasteiger partial charge is 0.373 e. The van der Waals surface area contributed by atoms with Gasteiger partial charge in [-0.05, 0) is 18.2 Å². The van der Waals surface area contributed by atoms with E-state index in [1.54, 1.807) is 19.4 Å². The maximum atomic E-state index is 12.5. The molecule has 1 saturated heterocycles. The van der Waals surface area contributed by atoms with Crippen LogP contribution in [0.2, 0.25) is 25.7 Å². The molecule has 1 aliphatic rings. The number of fused-ring (bicyclic) bond motifs is 1. The van der Waals surface area contributed by atoms with E-state index in [0.717, 1.165) is 22.7 Å². The fraction of sp³-hybridized carbons (Fsp3) is 0.370. The summed E-state index contributed by atoms with van der Waals surface area (Å²) < 4.78 is 13.2. The lowest BCUT2D eigenvalue weighted by atomic mass is 9.97. The van der Waals surface area contributed by atoms with Crippen LogP contribution in [0.3, 0.4) is 0 Å². The van der Waals surface area contributed by atoms with E-state index in [0.29, 0.717) is 36.8 Å². The number of likely N-dealkylation sites (N-methyl/N-ethyl adjacent to an activating group) is 1. The average Bonchev–Trinajstić information content (AvgIpc) is 3.61. The zero-order valence-corrected chi connectivity index (χ0v) is 22.9. The summed E-state index contributed by atoms with van der Waals surface area (Å²) in [6.07, 6.45) is 1.92. The number of imidazole rings is 1. The second-order valence-electron chi connectivity index (χ2n) is 10.9. The fourth-order valence-electron chi connectivity index (χ4n) is 4.46. The molecule has 5 rings (SSSR count). The van der Waals surface area contributed by atoms with Gasteiger partial charge in [0, 0.05) is 51.9 Å². The lowest BCUT2D eigenvalue weighted by Gasteiger charge is -2.16. The third-order valence-electron chi connectivity index (χ3n) is 6.82. The molecular formula is C27H30N6O4Si. The summed E-state index contributed by atoms with van der Waals surface area (Å²) in [5.41, 5.74) is 2.41. The number of hydrogen-bond donors (Lipinski definition) is 1.